The van der Waals surface area contributed by atoms with Crippen LogP contribution in [0.5, 0.6) is 5.75 Å². The second-order valence-corrected chi connectivity index (χ2v) is 8.10. The third-order valence-corrected chi connectivity index (χ3v) is 5.93. The Bertz CT molecular complexity index is 1480. The van der Waals surface area contributed by atoms with Crippen LogP contribution in [0.15, 0.2) is 73.1 Å². The van der Waals surface area contributed by atoms with Crippen molar-refractivity contribution in [2.75, 3.05) is 17.3 Å². The minimum Gasteiger partial charge on any atom is -0.497 e. The van der Waals surface area contributed by atoms with Crippen molar-refractivity contribution < 1.29 is 9.53 Å². The van der Waals surface area contributed by atoms with Crippen LogP contribution in [0.4, 0.5) is 11.5 Å². The van der Waals surface area contributed by atoms with Gasteiger partial charge in [0.2, 0.25) is 0 Å². The van der Waals surface area contributed by atoms with E-state index in [0.717, 1.165) is 30.2 Å². The molecule has 168 valence electrons. The largest absolute Gasteiger partial charge is 0.497 e. The molecule has 0 radical (unpaired) electrons. The number of nitrogens with one attached hydrogen (secondary N) is 2. The van der Waals surface area contributed by atoms with Gasteiger partial charge in [-0.05, 0) is 23.3 Å². The summed E-state index contributed by atoms with van der Waals surface area (Å²) in [5.41, 5.74) is 5.71. The van der Waals surface area contributed by atoms with Gasteiger partial charge in [-0.25, -0.2) is 9.50 Å². The predicted molar refractivity (Wildman–Crippen MR) is 128 cm³/mol. The standard InChI is InChI=1S/C25H21N7O2/c1-34-20-8-4-7-19(9-20)28-25(33)21-10-24-29-23(31-14-16-5-2-3-6-17(16)15-31)11-22(32(24)30-21)18-12-26-27-13-18/h2-13H,14-15H2,1H3,(H,26,27)(H,28,33). The van der Waals surface area contributed by atoms with Crippen molar-refractivity contribution >= 4 is 23.1 Å². The first kappa shape index (κ1) is 20.0. The van der Waals surface area contributed by atoms with Gasteiger partial charge >= 0.3 is 0 Å². The highest BCUT2D eigenvalue weighted by Crippen LogP contribution is 2.30. The molecular weight excluding hydrogens is 430 g/mol. The molecule has 2 aromatic carbocycles. The van der Waals surface area contributed by atoms with Crippen molar-refractivity contribution in [2.45, 2.75) is 13.1 Å². The number of aromatic amines is 1. The lowest BCUT2D eigenvalue weighted by molar-refractivity contribution is 0.102. The minimum atomic E-state index is -0.327. The Morgan fingerprint density at radius 1 is 1.06 bits per heavy atom. The summed E-state index contributed by atoms with van der Waals surface area (Å²) in [4.78, 5) is 20.1. The van der Waals surface area contributed by atoms with Gasteiger partial charge in [-0.3, -0.25) is 9.89 Å². The zero-order valence-electron chi connectivity index (χ0n) is 18.4. The maximum Gasteiger partial charge on any atom is 0.276 e. The Labute approximate surface area is 195 Å². The normalized spacial score (nSPS) is 12.7. The lowest BCUT2D eigenvalue weighted by Gasteiger charge is -2.17. The maximum absolute atomic E-state index is 13.0. The molecule has 0 saturated heterocycles. The monoisotopic (exact) mass is 451 g/mol. The highest BCUT2D eigenvalue weighted by molar-refractivity contribution is 6.03. The van der Waals surface area contributed by atoms with E-state index in [9.17, 15) is 4.79 Å². The van der Waals surface area contributed by atoms with Gasteiger partial charge < -0.3 is 15.0 Å². The predicted octanol–water partition coefficient (Wildman–Crippen LogP) is 3.90. The summed E-state index contributed by atoms with van der Waals surface area (Å²) in [6.45, 7) is 1.56. The SMILES string of the molecule is COc1cccc(NC(=O)c2cc3nc(N4Cc5ccccc5C4)cc(-c4cn[nH]c4)n3n2)c1. The molecule has 1 aliphatic rings. The Morgan fingerprint density at radius 3 is 2.62 bits per heavy atom. The number of hydrogen-bond acceptors (Lipinski definition) is 6. The number of H-pyrrole nitrogens is 1. The van der Waals surface area contributed by atoms with E-state index in [1.807, 2.05) is 18.2 Å². The van der Waals surface area contributed by atoms with Crippen LogP contribution < -0.4 is 15.0 Å². The van der Waals surface area contributed by atoms with Crippen LogP contribution in [0, 0.1) is 0 Å². The second-order valence-electron chi connectivity index (χ2n) is 8.10. The molecule has 0 fully saturated rings. The van der Waals surface area contributed by atoms with Gasteiger partial charge in [0.05, 0.1) is 19.0 Å². The third kappa shape index (κ3) is 3.53. The second kappa shape index (κ2) is 8.04. The van der Waals surface area contributed by atoms with Crippen LogP contribution in [-0.2, 0) is 13.1 Å². The molecule has 0 aliphatic carbocycles. The van der Waals surface area contributed by atoms with Gasteiger partial charge in [0.15, 0.2) is 11.3 Å². The zero-order chi connectivity index (χ0) is 23.1. The fourth-order valence-electron chi connectivity index (χ4n) is 4.22. The Balaban J connectivity index is 1.38. The highest BCUT2D eigenvalue weighted by atomic mass is 16.5. The number of amides is 1. The van der Waals surface area contributed by atoms with E-state index in [4.69, 9.17) is 9.72 Å². The van der Waals surface area contributed by atoms with Gasteiger partial charge in [-0.2, -0.15) is 10.2 Å². The minimum absolute atomic E-state index is 0.266. The van der Waals surface area contributed by atoms with Gasteiger partial charge in [0.1, 0.15) is 11.6 Å². The van der Waals surface area contributed by atoms with E-state index < -0.39 is 0 Å². The topological polar surface area (TPSA) is 100 Å². The van der Waals surface area contributed by atoms with E-state index in [2.05, 4.69) is 49.8 Å². The van der Waals surface area contributed by atoms with E-state index in [1.54, 1.807) is 42.2 Å². The number of aromatic nitrogens is 5. The molecule has 34 heavy (non-hydrogen) atoms. The van der Waals surface area contributed by atoms with Crippen molar-refractivity contribution in [2.24, 2.45) is 0 Å². The average Bonchev–Trinajstić information content (AvgIpc) is 3.62. The molecule has 1 amide bonds. The summed E-state index contributed by atoms with van der Waals surface area (Å²) in [6, 6.07) is 19.3. The molecule has 0 saturated carbocycles. The van der Waals surface area contributed by atoms with E-state index in [-0.39, 0.29) is 11.6 Å². The summed E-state index contributed by atoms with van der Waals surface area (Å²) in [5, 5.41) is 14.4. The molecule has 9 nitrogen and oxygen atoms in total. The molecule has 0 bridgehead atoms. The van der Waals surface area contributed by atoms with Crippen molar-refractivity contribution in [3.05, 3.63) is 89.9 Å². The van der Waals surface area contributed by atoms with Crippen molar-refractivity contribution in [1.82, 2.24) is 24.8 Å². The molecule has 0 unspecified atom stereocenters. The third-order valence-electron chi connectivity index (χ3n) is 5.93. The van der Waals surface area contributed by atoms with Gasteiger partial charge in [-0.1, -0.05) is 30.3 Å². The quantitative estimate of drug-likeness (QED) is 0.420. The molecule has 0 atom stereocenters. The summed E-state index contributed by atoms with van der Waals surface area (Å²) >= 11 is 0. The van der Waals surface area contributed by atoms with Gasteiger partial charge in [-0.15, -0.1) is 0 Å². The van der Waals surface area contributed by atoms with Crippen molar-refractivity contribution in [3.63, 3.8) is 0 Å². The molecule has 0 spiro atoms. The first-order valence-corrected chi connectivity index (χ1v) is 10.8. The summed E-state index contributed by atoms with van der Waals surface area (Å²) < 4.78 is 6.92. The van der Waals surface area contributed by atoms with Crippen LogP contribution in [-0.4, -0.2) is 37.8 Å². The highest BCUT2D eigenvalue weighted by Gasteiger charge is 2.23. The number of rotatable bonds is 5. The van der Waals surface area contributed by atoms with Crippen molar-refractivity contribution in [3.8, 4) is 17.0 Å². The number of nitrogens with zero attached hydrogens (tertiary/aromatic N) is 5. The number of anilines is 2. The van der Waals surface area contributed by atoms with Crippen LogP contribution >= 0.6 is 0 Å². The average molecular weight is 451 g/mol. The van der Waals surface area contributed by atoms with Crippen LogP contribution in [0.25, 0.3) is 16.9 Å². The van der Waals surface area contributed by atoms with Gasteiger partial charge in [0.25, 0.3) is 5.91 Å². The number of methoxy groups -OCH3 is 1. The fourth-order valence-corrected chi connectivity index (χ4v) is 4.22. The summed E-state index contributed by atoms with van der Waals surface area (Å²) in [7, 11) is 1.59. The van der Waals surface area contributed by atoms with E-state index in [1.165, 1.54) is 11.1 Å². The Hall–Kier alpha value is -4.66. The number of carbonyl (C=O) groups excluding carboxylic acids is 1. The van der Waals surface area contributed by atoms with Crippen LogP contribution in [0.3, 0.4) is 0 Å². The smallest absolute Gasteiger partial charge is 0.276 e. The molecule has 2 N–H and O–H groups in total. The lowest BCUT2D eigenvalue weighted by atomic mass is 10.1. The Morgan fingerprint density at radius 2 is 1.88 bits per heavy atom. The lowest BCUT2D eigenvalue weighted by Crippen LogP contribution is -2.17. The molecule has 1 aliphatic heterocycles. The number of benzene rings is 2. The first-order valence-electron chi connectivity index (χ1n) is 10.8. The molecule has 6 rings (SSSR count). The number of carbonyl (C=O) groups is 1. The fraction of sp³-hybridized carbons (Fsp3) is 0.120. The number of fused-ring (bicyclic) bond motifs is 2. The number of ether oxygens (including phenoxy) is 1. The molecular formula is C25H21N7O2. The van der Waals surface area contributed by atoms with Crippen LogP contribution in [0.1, 0.15) is 21.6 Å². The molecule has 3 aromatic heterocycles. The first-order chi connectivity index (χ1) is 16.7. The molecule has 4 heterocycles. The molecule has 9 heteroatoms. The summed E-state index contributed by atoms with van der Waals surface area (Å²) in [5.74, 6) is 1.15. The van der Waals surface area contributed by atoms with E-state index in [0.29, 0.717) is 17.1 Å². The van der Waals surface area contributed by atoms with Crippen molar-refractivity contribution in [1.29, 1.82) is 0 Å². The summed E-state index contributed by atoms with van der Waals surface area (Å²) in [6.07, 6.45) is 3.53. The van der Waals surface area contributed by atoms with Gasteiger partial charge in [0, 0.05) is 48.7 Å². The zero-order valence-corrected chi connectivity index (χ0v) is 18.4. The Kier molecular flexibility index (Phi) is 4.72. The maximum atomic E-state index is 13.0. The molecule has 5 aromatic rings. The van der Waals surface area contributed by atoms with E-state index >= 15 is 0 Å². The van der Waals surface area contributed by atoms with Crippen LogP contribution in [0.2, 0.25) is 0 Å². The number of hydrogen-bond donors (Lipinski definition) is 2.